The average molecular weight is 431 g/mol. The number of amides is 1. The zero-order chi connectivity index (χ0) is 21.6. The van der Waals surface area contributed by atoms with Crippen LogP contribution in [0.2, 0.25) is 0 Å². The summed E-state index contributed by atoms with van der Waals surface area (Å²) < 4.78 is 41.2. The Balaban J connectivity index is 1.43. The lowest BCUT2D eigenvalue weighted by molar-refractivity contribution is -0.121. The molecule has 3 rings (SSSR count). The van der Waals surface area contributed by atoms with Crippen molar-refractivity contribution in [3.8, 4) is 5.69 Å². The van der Waals surface area contributed by atoms with Crippen LogP contribution in [0.25, 0.3) is 5.69 Å². The summed E-state index contributed by atoms with van der Waals surface area (Å²) in [6.07, 6.45) is 3.57. The van der Waals surface area contributed by atoms with Gasteiger partial charge in [0.1, 0.15) is 18.5 Å². The normalized spacial score (nSPS) is 12.5. The fourth-order valence-electron chi connectivity index (χ4n) is 2.81. The molecular formula is C20H22FN5O3S. The number of carbonyl (C=O) groups excluding carboxylic acids is 1. The highest BCUT2D eigenvalue weighted by atomic mass is 32.2. The first-order chi connectivity index (χ1) is 14.3. The molecule has 0 aliphatic carbocycles. The van der Waals surface area contributed by atoms with E-state index in [0.29, 0.717) is 6.42 Å². The van der Waals surface area contributed by atoms with Crippen LogP contribution < -0.4 is 10.0 Å². The van der Waals surface area contributed by atoms with E-state index in [1.54, 1.807) is 11.0 Å². The summed E-state index contributed by atoms with van der Waals surface area (Å²) >= 11 is 0. The van der Waals surface area contributed by atoms with Gasteiger partial charge in [0.15, 0.2) is 0 Å². The molecular weight excluding hydrogens is 409 g/mol. The van der Waals surface area contributed by atoms with E-state index in [2.05, 4.69) is 20.1 Å². The molecule has 1 aromatic heterocycles. The van der Waals surface area contributed by atoms with Crippen LogP contribution >= 0.6 is 0 Å². The number of halogens is 1. The molecule has 0 radical (unpaired) electrons. The van der Waals surface area contributed by atoms with Crippen molar-refractivity contribution in [1.29, 1.82) is 0 Å². The Morgan fingerprint density at radius 1 is 1.13 bits per heavy atom. The molecule has 30 heavy (non-hydrogen) atoms. The van der Waals surface area contributed by atoms with Gasteiger partial charge in [0.05, 0.1) is 16.6 Å². The number of benzene rings is 2. The van der Waals surface area contributed by atoms with E-state index in [1.165, 1.54) is 18.5 Å². The molecule has 3 aromatic rings. The summed E-state index contributed by atoms with van der Waals surface area (Å²) in [5.74, 6) is -0.684. The Hall–Kier alpha value is -3.11. The standard InChI is InChI=1S/C20H22FN5O3S/c1-15(16-4-8-18(9-5-16)26-14-22-13-23-26)25-20(27)3-2-12-24-30(28,29)19-10-6-17(21)7-11-19/h4-11,13-15,24H,2-3,12H2,1H3,(H,25,27). The van der Waals surface area contributed by atoms with Crippen molar-refractivity contribution >= 4 is 15.9 Å². The molecule has 1 atom stereocenters. The van der Waals surface area contributed by atoms with Gasteiger partial charge in [0.25, 0.3) is 0 Å². The molecule has 0 aliphatic rings. The zero-order valence-electron chi connectivity index (χ0n) is 16.3. The molecule has 2 aromatic carbocycles. The summed E-state index contributed by atoms with van der Waals surface area (Å²) in [6, 6.07) is 11.9. The average Bonchev–Trinajstić information content (AvgIpc) is 3.26. The van der Waals surface area contributed by atoms with Crippen molar-refractivity contribution in [1.82, 2.24) is 24.8 Å². The smallest absolute Gasteiger partial charge is 0.240 e. The first-order valence-electron chi connectivity index (χ1n) is 9.35. The van der Waals surface area contributed by atoms with Crippen molar-refractivity contribution in [3.63, 3.8) is 0 Å². The van der Waals surface area contributed by atoms with Crippen molar-refractivity contribution in [3.05, 3.63) is 72.6 Å². The highest BCUT2D eigenvalue weighted by Gasteiger charge is 2.14. The first-order valence-corrected chi connectivity index (χ1v) is 10.8. The van der Waals surface area contributed by atoms with E-state index in [-0.39, 0.29) is 29.8 Å². The van der Waals surface area contributed by atoms with Crippen LogP contribution in [0.4, 0.5) is 4.39 Å². The second kappa shape index (κ2) is 9.59. The van der Waals surface area contributed by atoms with Crippen LogP contribution in [0.3, 0.4) is 0 Å². The van der Waals surface area contributed by atoms with Gasteiger partial charge in [0.2, 0.25) is 15.9 Å². The van der Waals surface area contributed by atoms with E-state index >= 15 is 0 Å². The maximum absolute atomic E-state index is 12.9. The van der Waals surface area contributed by atoms with Gasteiger partial charge in [-0.15, -0.1) is 0 Å². The third kappa shape index (κ3) is 5.71. The summed E-state index contributed by atoms with van der Waals surface area (Å²) in [7, 11) is -3.72. The predicted octanol–water partition coefficient (Wildman–Crippen LogP) is 2.34. The highest BCUT2D eigenvalue weighted by molar-refractivity contribution is 7.89. The van der Waals surface area contributed by atoms with Crippen molar-refractivity contribution < 1.29 is 17.6 Å². The van der Waals surface area contributed by atoms with Crippen LogP contribution in [0.5, 0.6) is 0 Å². The largest absolute Gasteiger partial charge is 0.350 e. The van der Waals surface area contributed by atoms with Crippen LogP contribution in [-0.4, -0.2) is 35.6 Å². The number of sulfonamides is 1. The molecule has 0 fully saturated rings. The van der Waals surface area contributed by atoms with Gasteiger partial charge in [-0.25, -0.2) is 27.2 Å². The van der Waals surface area contributed by atoms with E-state index in [0.717, 1.165) is 23.4 Å². The lowest BCUT2D eigenvalue weighted by Gasteiger charge is -2.15. The van der Waals surface area contributed by atoms with Gasteiger partial charge >= 0.3 is 0 Å². The number of nitrogens with one attached hydrogen (secondary N) is 2. The Kier molecular flexibility index (Phi) is 6.91. The molecule has 10 heteroatoms. The molecule has 0 saturated carbocycles. The third-order valence-corrected chi connectivity index (χ3v) is 5.93. The zero-order valence-corrected chi connectivity index (χ0v) is 17.1. The topological polar surface area (TPSA) is 106 Å². The van der Waals surface area contributed by atoms with Crippen LogP contribution in [-0.2, 0) is 14.8 Å². The summed E-state index contributed by atoms with van der Waals surface area (Å²) in [6.45, 7) is 1.98. The van der Waals surface area contributed by atoms with Gasteiger partial charge in [0, 0.05) is 13.0 Å². The van der Waals surface area contributed by atoms with Gasteiger partial charge < -0.3 is 5.32 Å². The fraction of sp³-hybridized carbons (Fsp3) is 0.250. The number of carbonyl (C=O) groups is 1. The maximum Gasteiger partial charge on any atom is 0.240 e. The maximum atomic E-state index is 12.9. The van der Waals surface area contributed by atoms with E-state index in [4.69, 9.17) is 0 Å². The summed E-state index contributed by atoms with van der Waals surface area (Å²) in [5, 5.41) is 6.96. The van der Waals surface area contributed by atoms with Gasteiger partial charge in [-0.2, -0.15) is 5.10 Å². The molecule has 1 amide bonds. The van der Waals surface area contributed by atoms with Crippen molar-refractivity contribution in [2.24, 2.45) is 0 Å². The highest BCUT2D eigenvalue weighted by Crippen LogP contribution is 2.15. The fourth-order valence-corrected chi connectivity index (χ4v) is 3.88. The van der Waals surface area contributed by atoms with Gasteiger partial charge in [-0.3, -0.25) is 4.79 Å². The molecule has 2 N–H and O–H groups in total. The lowest BCUT2D eigenvalue weighted by atomic mass is 10.1. The molecule has 1 heterocycles. The van der Waals surface area contributed by atoms with Crippen molar-refractivity contribution in [2.75, 3.05) is 6.54 Å². The minimum Gasteiger partial charge on any atom is -0.350 e. The SMILES string of the molecule is CC(NC(=O)CCCNS(=O)(=O)c1ccc(F)cc1)c1ccc(-n2cncn2)cc1. The van der Waals surface area contributed by atoms with Crippen molar-refractivity contribution in [2.45, 2.75) is 30.7 Å². The van der Waals surface area contributed by atoms with Crippen LogP contribution in [0.15, 0.2) is 66.1 Å². The quantitative estimate of drug-likeness (QED) is 0.506. The molecule has 0 spiro atoms. The third-order valence-electron chi connectivity index (χ3n) is 4.45. The van der Waals surface area contributed by atoms with E-state index in [1.807, 2.05) is 31.2 Å². The van der Waals surface area contributed by atoms with Gasteiger partial charge in [-0.1, -0.05) is 12.1 Å². The molecule has 8 nitrogen and oxygen atoms in total. The molecule has 0 saturated heterocycles. The number of rotatable bonds is 9. The Morgan fingerprint density at radius 3 is 2.47 bits per heavy atom. The molecule has 1 unspecified atom stereocenters. The summed E-state index contributed by atoms with van der Waals surface area (Å²) in [4.78, 5) is 16.0. The number of nitrogens with zero attached hydrogens (tertiary/aromatic N) is 3. The minimum atomic E-state index is -3.72. The van der Waals surface area contributed by atoms with E-state index in [9.17, 15) is 17.6 Å². The minimum absolute atomic E-state index is 0.0173. The van der Waals surface area contributed by atoms with Gasteiger partial charge in [-0.05, 0) is 55.3 Å². The molecule has 0 bridgehead atoms. The van der Waals surface area contributed by atoms with Crippen LogP contribution in [0.1, 0.15) is 31.4 Å². The van der Waals surface area contributed by atoms with Crippen LogP contribution in [0, 0.1) is 5.82 Å². The number of hydrogen-bond donors (Lipinski definition) is 2. The second-order valence-corrected chi connectivity index (χ2v) is 8.44. The Bertz CT molecular complexity index is 1070. The molecule has 158 valence electrons. The monoisotopic (exact) mass is 431 g/mol. The Labute approximate surface area is 174 Å². The lowest BCUT2D eigenvalue weighted by Crippen LogP contribution is -2.29. The number of aromatic nitrogens is 3. The second-order valence-electron chi connectivity index (χ2n) is 6.68. The van der Waals surface area contributed by atoms with E-state index < -0.39 is 15.8 Å². The summed E-state index contributed by atoms with van der Waals surface area (Å²) in [5.41, 5.74) is 1.80. The predicted molar refractivity (Wildman–Crippen MR) is 109 cm³/mol. The number of hydrogen-bond acceptors (Lipinski definition) is 5. The first kappa shape index (κ1) is 21.6. The Morgan fingerprint density at radius 2 is 1.83 bits per heavy atom. The molecule has 0 aliphatic heterocycles.